The van der Waals surface area contributed by atoms with Crippen LogP contribution in [0.25, 0.3) is 0 Å². The standard InChI is InChI=1S/C19H30N4O3.HI/c1-4-26-17-13-15(9-10-16(17)25-3)23-19(20-2)22-12-6-11-21-18(24)14-7-5-8-14;/h9-10,13-14H,4-8,11-12H2,1-3H3,(H,21,24)(H2,20,22,23);1H. The Morgan fingerprint density at radius 3 is 2.56 bits per heavy atom. The van der Waals surface area contributed by atoms with Gasteiger partial charge in [0.1, 0.15) is 0 Å². The van der Waals surface area contributed by atoms with Gasteiger partial charge in [-0.1, -0.05) is 6.42 Å². The normalized spacial score (nSPS) is 13.8. The molecule has 0 bridgehead atoms. The zero-order chi connectivity index (χ0) is 18.8. The summed E-state index contributed by atoms with van der Waals surface area (Å²) in [5.74, 6) is 2.49. The van der Waals surface area contributed by atoms with Crippen molar-refractivity contribution < 1.29 is 14.3 Å². The molecule has 7 nitrogen and oxygen atoms in total. The van der Waals surface area contributed by atoms with Crippen molar-refractivity contribution in [2.45, 2.75) is 32.6 Å². The van der Waals surface area contributed by atoms with Gasteiger partial charge in [0, 0.05) is 37.8 Å². The lowest BCUT2D eigenvalue weighted by Crippen LogP contribution is -2.37. The van der Waals surface area contributed by atoms with E-state index in [0.717, 1.165) is 31.5 Å². The average molecular weight is 490 g/mol. The van der Waals surface area contributed by atoms with E-state index in [-0.39, 0.29) is 35.8 Å². The molecule has 1 aliphatic rings. The highest BCUT2D eigenvalue weighted by Crippen LogP contribution is 2.30. The Balaban J connectivity index is 0.00000364. The van der Waals surface area contributed by atoms with Crippen molar-refractivity contribution in [3.05, 3.63) is 18.2 Å². The summed E-state index contributed by atoms with van der Waals surface area (Å²) in [6.07, 6.45) is 4.09. The third-order valence-corrected chi connectivity index (χ3v) is 4.37. The van der Waals surface area contributed by atoms with Gasteiger partial charge in [-0.25, -0.2) is 0 Å². The predicted molar refractivity (Wildman–Crippen MR) is 120 cm³/mol. The molecule has 0 heterocycles. The van der Waals surface area contributed by atoms with Gasteiger partial charge in [-0.3, -0.25) is 9.79 Å². The Bertz CT molecular complexity index is 621. The highest BCUT2D eigenvalue weighted by Gasteiger charge is 2.24. The van der Waals surface area contributed by atoms with E-state index in [1.807, 2.05) is 25.1 Å². The van der Waals surface area contributed by atoms with Gasteiger partial charge in [-0.2, -0.15) is 0 Å². The molecule has 1 aromatic carbocycles. The van der Waals surface area contributed by atoms with Crippen LogP contribution in [-0.4, -0.2) is 45.7 Å². The van der Waals surface area contributed by atoms with E-state index < -0.39 is 0 Å². The molecular weight excluding hydrogens is 459 g/mol. The topological polar surface area (TPSA) is 84.0 Å². The molecule has 0 saturated heterocycles. The minimum Gasteiger partial charge on any atom is -0.493 e. The predicted octanol–water partition coefficient (Wildman–Crippen LogP) is 3.01. The van der Waals surface area contributed by atoms with Crippen molar-refractivity contribution in [2.24, 2.45) is 10.9 Å². The van der Waals surface area contributed by atoms with E-state index in [0.29, 0.717) is 30.6 Å². The minimum absolute atomic E-state index is 0. The summed E-state index contributed by atoms with van der Waals surface area (Å²) in [7, 11) is 3.34. The number of rotatable bonds is 9. The number of aliphatic imine (C=N–C) groups is 1. The summed E-state index contributed by atoms with van der Waals surface area (Å²) >= 11 is 0. The summed E-state index contributed by atoms with van der Waals surface area (Å²) in [6.45, 7) is 3.90. The zero-order valence-electron chi connectivity index (χ0n) is 16.3. The summed E-state index contributed by atoms with van der Waals surface area (Å²) in [6, 6.07) is 5.65. The number of amides is 1. The fourth-order valence-corrected chi connectivity index (χ4v) is 2.66. The van der Waals surface area contributed by atoms with Crippen molar-refractivity contribution >= 4 is 41.5 Å². The maximum absolute atomic E-state index is 11.8. The van der Waals surface area contributed by atoms with Crippen molar-refractivity contribution in [1.29, 1.82) is 0 Å². The summed E-state index contributed by atoms with van der Waals surface area (Å²) in [5, 5.41) is 9.47. The van der Waals surface area contributed by atoms with Gasteiger partial charge in [0.2, 0.25) is 5.91 Å². The molecule has 0 aromatic heterocycles. The lowest BCUT2D eigenvalue weighted by atomic mass is 9.85. The van der Waals surface area contributed by atoms with Gasteiger partial charge in [-0.15, -0.1) is 24.0 Å². The number of carbonyl (C=O) groups excluding carboxylic acids is 1. The maximum atomic E-state index is 11.8. The van der Waals surface area contributed by atoms with Crippen molar-refractivity contribution in [3.63, 3.8) is 0 Å². The molecule has 0 atom stereocenters. The van der Waals surface area contributed by atoms with Gasteiger partial charge in [-0.05, 0) is 38.3 Å². The third-order valence-electron chi connectivity index (χ3n) is 4.37. The highest BCUT2D eigenvalue weighted by atomic mass is 127. The van der Waals surface area contributed by atoms with E-state index in [9.17, 15) is 4.79 Å². The number of benzene rings is 1. The lowest BCUT2D eigenvalue weighted by Gasteiger charge is -2.24. The fraction of sp³-hybridized carbons (Fsp3) is 0.579. The molecule has 0 spiro atoms. The largest absolute Gasteiger partial charge is 0.493 e. The van der Waals surface area contributed by atoms with Crippen molar-refractivity contribution in [1.82, 2.24) is 10.6 Å². The third kappa shape index (κ3) is 7.43. The number of nitrogens with zero attached hydrogens (tertiary/aromatic N) is 1. The number of hydrogen-bond donors (Lipinski definition) is 3. The van der Waals surface area contributed by atoms with Crippen LogP contribution in [0.5, 0.6) is 11.5 Å². The molecule has 0 aliphatic heterocycles. The number of anilines is 1. The molecule has 1 amide bonds. The van der Waals surface area contributed by atoms with Gasteiger partial charge >= 0.3 is 0 Å². The second-order valence-corrected chi connectivity index (χ2v) is 6.20. The first-order valence-corrected chi connectivity index (χ1v) is 9.24. The number of carbonyl (C=O) groups is 1. The second-order valence-electron chi connectivity index (χ2n) is 6.20. The van der Waals surface area contributed by atoms with Crippen LogP contribution in [0.1, 0.15) is 32.6 Å². The smallest absolute Gasteiger partial charge is 0.223 e. The van der Waals surface area contributed by atoms with Crippen LogP contribution in [0.2, 0.25) is 0 Å². The lowest BCUT2D eigenvalue weighted by molar-refractivity contribution is -0.127. The molecule has 152 valence electrons. The number of halogens is 1. The number of methoxy groups -OCH3 is 1. The highest BCUT2D eigenvalue weighted by molar-refractivity contribution is 14.0. The quantitative estimate of drug-likeness (QED) is 0.215. The van der Waals surface area contributed by atoms with Crippen LogP contribution in [0.15, 0.2) is 23.2 Å². The molecule has 3 N–H and O–H groups in total. The summed E-state index contributed by atoms with van der Waals surface area (Å²) < 4.78 is 10.9. The van der Waals surface area contributed by atoms with Gasteiger partial charge in [0.25, 0.3) is 0 Å². The van der Waals surface area contributed by atoms with Crippen LogP contribution in [0, 0.1) is 5.92 Å². The first-order chi connectivity index (χ1) is 12.7. The van der Waals surface area contributed by atoms with Crippen LogP contribution < -0.4 is 25.4 Å². The number of ether oxygens (including phenoxy) is 2. The van der Waals surface area contributed by atoms with Crippen LogP contribution in [0.4, 0.5) is 5.69 Å². The monoisotopic (exact) mass is 490 g/mol. The molecule has 1 aromatic rings. The van der Waals surface area contributed by atoms with Gasteiger partial charge in [0.05, 0.1) is 13.7 Å². The number of guanidine groups is 1. The molecular formula is C19H31IN4O3. The Morgan fingerprint density at radius 2 is 1.96 bits per heavy atom. The van der Waals surface area contributed by atoms with Gasteiger partial charge in [0.15, 0.2) is 17.5 Å². The SMILES string of the molecule is CCOc1cc(NC(=NC)NCCCNC(=O)C2CCC2)ccc1OC.I. The number of hydrogen-bond acceptors (Lipinski definition) is 4. The van der Waals surface area contributed by atoms with Crippen LogP contribution in [0.3, 0.4) is 0 Å². The van der Waals surface area contributed by atoms with E-state index >= 15 is 0 Å². The molecule has 1 saturated carbocycles. The van der Waals surface area contributed by atoms with Crippen LogP contribution >= 0.6 is 24.0 Å². The zero-order valence-corrected chi connectivity index (χ0v) is 18.7. The van der Waals surface area contributed by atoms with Gasteiger partial charge < -0.3 is 25.4 Å². The fourth-order valence-electron chi connectivity index (χ4n) is 2.66. The molecule has 0 unspecified atom stereocenters. The van der Waals surface area contributed by atoms with E-state index in [4.69, 9.17) is 9.47 Å². The molecule has 27 heavy (non-hydrogen) atoms. The average Bonchev–Trinajstić information content (AvgIpc) is 2.59. The molecule has 2 rings (SSSR count). The first-order valence-electron chi connectivity index (χ1n) is 9.24. The Labute approximate surface area is 178 Å². The molecule has 8 heteroatoms. The first kappa shape index (κ1) is 23.3. The van der Waals surface area contributed by atoms with E-state index in [1.54, 1.807) is 14.2 Å². The van der Waals surface area contributed by atoms with Crippen molar-refractivity contribution in [3.8, 4) is 11.5 Å². The van der Waals surface area contributed by atoms with Crippen LogP contribution in [-0.2, 0) is 4.79 Å². The van der Waals surface area contributed by atoms with Crippen molar-refractivity contribution in [2.75, 3.05) is 39.2 Å². The molecule has 1 aliphatic carbocycles. The Hall–Kier alpha value is -1.71. The van der Waals surface area contributed by atoms with E-state index in [1.165, 1.54) is 6.42 Å². The Kier molecular flexibility index (Phi) is 10.9. The molecule has 1 fully saturated rings. The summed E-state index contributed by atoms with van der Waals surface area (Å²) in [4.78, 5) is 16.0. The van der Waals surface area contributed by atoms with E-state index in [2.05, 4.69) is 20.9 Å². The minimum atomic E-state index is 0. The number of nitrogens with one attached hydrogen (secondary N) is 3. The maximum Gasteiger partial charge on any atom is 0.223 e. The second kappa shape index (κ2) is 12.6. The molecule has 0 radical (unpaired) electrons. The summed E-state index contributed by atoms with van der Waals surface area (Å²) in [5.41, 5.74) is 0.862. The Morgan fingerprint density at radius 1 is 1.22 bits per heavy atom.